The lowest BCUT2D eigenvalue weighted by Crippen LogP contribution is -2.32. The van der Waals surface area contributed by atoms with Gasteiger partial charge in [-0.3, -0.25) is 4.79 Å². The third kappa shape index (κ3) is 4.07. The standard InChI is InChI=1S/C16H22BrNO/c1-12(11-17)5-4-8-18-16(19)15-9-13-6-2-3-7-14(13)10-15/h2-3,6-7,12,15H,4-5,8-11H2,1H3,(H,18,19). The topological polar surface area (TPSA) is 29.1 Å². The Morgan fingerprint density at radius 3 is 2.58 bits per heavy atom. The molecule has 0 fully saturated rings. The first-order valence-corrected chi connectivity index (χ1v) is 8.23. The van der Waals surface area contributed by atoms with Crippen molar-refractivity contribution in [2.24, 2.45) is 11.8 Å². The predicted octanol–water partition coefficient (Wildman–Crippen LogP) is 3.33. The number of halogens is 1. The van der Waals surface area contributed by atoms with Gasteiger partial charge in [-0.05, 0) is 42.7 Å². The van der Waals surface area contributed by atoms with Crippen molar-refractivity contribution in [2.45, 2.75) is 32.6 Å². The summed E-state index contributed by atoms with van der Waals surface area (Å²) in [7, 11) is 0. The van der Waals surface area contributed by atoms with Crippen LogP contribution >= 0.6 is 15.9 Å². The van der Waals surface area contributed by atoms with E-state index in [0.29, 0.717) is 5.92 Å². The lowest BCUT2D eigenvalue weighted by molar-refractivity contribution is -0.124. The minimum atomic E-state index is 0.144. The minimum absolute atomic E-state index is 0.144. The van der Waals surface area contributed by atoms with E-state index in [2.05, 4.69) is 52.4 Å². The molecule has 1 aromatic rings. The summed E-state index contributed by atoms with van der Waals surface area (Å²) in [5.41, 5.74) is 2.69. The van der Waals surface area contributed by atoms with Crippen LogP contribution in [0.5, 0.6) is 0 Å². The SMILES string of the molecule is CC(CBr)CCCNC(=O)C1Cc2ccccc2C1. The van der Waals surface area contributed by atoms with Crippen LogP contribution in [-0.2, 0) is 17.6 Å². The molecule has 2 nitrogen and oxygen atoms in total. The van der Waals surface area contributed by atoms with Gasteiger partial charge in [0.15, 0.2) is 0 Å². The van der Waals surface area contributed by atoms with Crippen molar-refractivity contribution in [1.29, 1.82) is 0 Å². The number of benzene rings is 1. The average molecular weight is 324 g/mol. The van der Waals surface area contributed by atoms with Crippen LogP contribution in [0, 0.1) is 11.8 Å². The van der Waals surface area contributed by atoms with Crippen LogP contribution in [0.2, 0.25) is 0 Å². The number of carbonyl (C=O) groups excluding carboxylic acids is 1. The molecule has 0 aromatic heterocycles. The number of nitrogens with one attached hydrogen (secondary N) is 1. The van der Waals surface area contributed by atoms with Gasteiger partial charge >= 0.3 is 0 Å². The summed E-state index contributed by atoms with van der Waals surface area (Å²) in [5, 5.41) is 4.13. The summed E-state index contributed by atoms with van der Waals surface area (Å²) in [6, 6.07) is 8.39. The van der Waals surface area contributed by atoms with Crippen molar-refractivity contribution in [3.63, 3.8) is 0 Å². The summed E-state index contributed by atoms with van der Waals surface area (Å²) in [4.78, 5) is 12.1. The van der Waals surface area contributed by atoms with Gasteiger partial charge in [0.05, 0.1) is 0 Å². The van der Waals surface area contributed by atoms with Gasteiger partial charge in [0.25, 0.3) is 0 Å². The van der Waals surface area contributed by atoms with E-state index in [4.69, 9.17) is 0 Å². The summed E-state index contributed by atoms with van der Waals surface area (Å²) in [6.07, 6.45) is 4.04. The minimum Gasteiger partial charge on any atom is -0.356 e. The van der Waals surface area contributed by atoms with Gasteiger partial charge in [0.2, 0.25) is 5.91 Å². The molecule has 0 bridgehead atoms. The number of rotatable bonds is 6. The lowest BCUT2D eigenvalue weighted by Gasteiger charge is -2.11. The molecule has 0 saturated carbocycles. The Hall–Kier alpha value is -0.830. The molecule has 19 heavy (non-hydrogen) atoms. The number of carbonyl (C=O) groups is 1. The largest absolute Gasteiger partial charge is 0.356 e. The molecule has 1 aliphatic carbocycles. The van der Waals surface area contributed by atoms with Crippen LogP contribution in [0.15, 0.2) is 24.3 Å². The molecule has 2 rings (SSSR count). The van der Waals surface area contributed by atoms with Crippen molar-refractivity contribution in [1.82, 2.24) is 5.32 Å². The number of alkyl halides is 1. The van der Waals surface area contributed by atoms with Crippen molar-refractivity contribution in [3.8, 4) is 0 Å². The van der Waals surface area contributed by atoms with E-state index in [-0.39, 0.29) is 11.8 Å². The first-order valence-electron chi connectivity index (χ1n) is 7.11. The zero-order valence-electron chi connectivity index (χ0n) is 11.5. The maximum Gasteiger partial charge on any atom is 0.223 e. The van der Waals surface area contributed by atoms with E-state index >= 15 is 0 Å². The maximum atomic E-state index is 12.1. The molecule has 0 radical (unpaired) electrons. The van der Waals surface area contributed by atoms with Gasteiger partial charge in [-0.2, -0.15) is 0 Å². The molecule has 1 atom stereocenters. The fourth-order valence-corrected chi connectivity index (χ4v) is 2.95. The Balaban J connectivity index is 1.71. The van der Waals surface area contributed by atoms with Crippen molar-refractivity contribution in [2.75, 3.05) is 11.9 Å². The zero-order valence-corrected chi connectivity index (χ0v) is 13.1. The van der Waals surface area contributed by atoms with Crippen LogP contribution in [-0.4, -0.2) is 17.8 Å². The monoisotopic (exact) mass is 323 g/mol. The molecule has 1 aromatic carbocycles. The van der Waals surface area contributed by atoms with Gasteiger partial charge in [0.1, 0.15) is 0 Å². The predicted molar refractivity (Wildman–Crippen MR) is 82.5 cm³/mol. The first kappa shape index (κ1) is 14.6. The summed E-state index contributed by atoms with van der Waals surface area (Å²) in [6.45, 7) is 3.03. The van der Waals surface area contributed by atoms with E-state index in [9.17, 15) is 4.79 Å². The molecular formula is C16H22BrNO. The third-order valence-corrected chi connectivity index (χ3v) is 4.96. The Bertz CT molecular complexity index is 408. The van der Waals surface area contributed by atoms with Crippen molar-refractivity contribution < 1.29 is 4.79 Å². The zero-order chi connectivity index (χ0) is 13.7. The van der Waals surface area contributed by atoms with Gasteiger partial charge in [-0.1, -0.05) is 47.1 Å². The molecule has 1 N–H and O–H groups in total. The first-order chi connectivity index (χ1) is 9.20. The second kappa shape index (κ2) is 7.09. The molecular weight excluding hydrogens is 302 g/mol. The maximum absolute atomic E-state index is 12.1. The second-order valence-corrected chi connectivity index (χ2v) is 6.21. The molecule has 1 amide bonds. The van der Waals surface area contributed by atoms with Gasteiger partial charge in [0, 0.05) is 17.8 Å². The number of hydrogen-bond acceptors (Lipinski definition) is 1. The summed E-state index contributed by atoms with van der Waals surface area (Å²) < 4.78 is 0. The van der Waals surface area contributed by atoms with E-state index in [1.54, 1.807) is 0 Å². The van der Waals surface area contributed by atoms with Crippen molar-refractivity contribution in [3.05, 3.63) is 35.4 Å². The Kier molecular flexibility index (Phi) is 5.44. The molecule has 0 aliphatic heterocycles. The average Bonchev–Trinajstić information content (AvgIpc) is 2.87. The molecule has 1 unspecified atom stereocenters. The van der Waals surface area contributed by atoms with E-state index in [0.717, 1.165) is 37.6 Å². The Morgan fingerprint density at radius 1 is 1.37 bits per heavy atom. The molecule has 0 spiro atoms. The Morgan fingerprint density at radius 2 is 2.00 bits per heavy atom. The highest BCUT2D eigenvalue weighted by atomic mass is 79.9. The third-order valence-electron chi connectivity index (χ3n) is 3.86. The normalized spacial score (nSPS) is 16.1. The van der Waals surface area contributed by atoms with Crippen LogP contribution in [0.3, 0.4) is 0 Å². The van der Waals surface area contributed by atoms with Crippen LogP contribution in [0.1, 0.15) is 30.9 Å². The molecule has 0 saturated heterocycles. The van der Waals surface area contributed by atoms with E-state index in [1.165, 1.54) is 11.1 Å². The second-order valence-electron chi connectivity index (χ2n) is 5.57. The number of hydrogen-bond donors (Lipinski definition) is 1. The molecule has 104 valence electrons. The highest BCUT2D eigenvalue weighted by molar-refractivity contribution is 9.09. The number of fused-ring (bicyclic) bond motifs is 1. The quantitative estimate of drug-likeness (QED) is 0.631. The van der Waals surface area contributed by atoms with Gasteiger partial charge < -0.3 is 5.32 Å². The van der Waals surface area contributed by atoms with Gasteiger partial charge in [-0.15, -0.1) is 0 Å². The smallest absolute Gasteiger partial charge is 0.223 e. The fourth-order valence-electron chi connectivity index (χ4n) is 2.63. The molecule has 0 heterocycles. The summed E-state index contributed by atoms with van der Waals surface area (Å²) in [5.74, 6) is 1.06. The summed E-state index contributed by atoms with van der Waals surface area (Å²) >= 11 is 3.48. The molecule has 3 heteroatoms. The lowest BCUT2D eigenvalue weighted by atomic mass is 10.1. The number of amides is 1. The highest BCUT2D eigenvalue weighted by Gasteiger charge is 2.26. The van der Waals surface area contributed by atoms with Crippen LogP contribution in [0.4, 0.5) is 0 Å². The van der Waals surface area contributed by atoms with E-state index < -0.39 is 0 Å². The highest BCUT2D eigenvalue weighted by Crippen LogP contribution is 2.26. The Labute approximate surface area is 124 Å². The van der Waals surface area contributed by atoms with Crippen LogP contribution < -0.4 is 5.32 Å². The molecule has 1 aliphatic rings. The van der Waals surface area contributed by atoms with Crippen LogP contribution in [0.25, 0.3) is 0 Å². The van der Waals surface area contributed by atoms with E-state index in [1.807, 2.05) is 0 Å². The fraction of sp³-hybridized carbons (Fsp3) is 0.562. The van der Waals surface area contributed by atoms with Crippen molar-refractivity contribution >= 4 is 21.8 Å². The van der Waals surface area contributed by atoms with Gasteiger partial charge in [-0.25, -0.2) is 0 Å².